The largest absolute Gasteiger partial charge is 0.481 e. The Bertz CT molecular complexity index is 213. The Hall–Kier alpha value is -1.06. The monoisotopic (exact) mass is 230 g/mol. The Morgan fingerprint density at radius 1 is 1.12 bits per heavy atom. The zero-order valence-electron chi connectivity index (χ0n) is 10.2. The first-order valence-electron chi connectivity index (χ1n) is 5.91. The molecule has 0 aliphatic heterocycles. The molecule has 16 heavy (non-hydrogen) atoms. The summed E-state index contributed by atoms with van der Waals surface area (Å²) in [6, 6.07) is 0. The molecule has 0 aromatic heterocycles. The summed E-state index contributed by atoms with van der Waals surface area (Å²) < 4.78 is 4.99. The van der Waals surface area contributed by atoms with E-state index < -0.39 is 5.97 Å². The first-order chi connectivity index (χ1) is 7.52. The molecule has 0 saturated carbocycles. The van der Waals surface area contributed by atoms with Crippen LogP contribution in [-0.2, 0) is 14.3 Å². The van der Waals surface area contributed by atoms with E-state index in [0.717, 1.165) is 38.5 Å². The minimum atomic E-state index is -0.719. The standard InChI is InChI=1S/C12H22O4/c1-10(16-11(2)13)8-6-4-3-5-7-9-12(14)15/h10H,3-9H2,1-2H3,(H,14,15). The molecule has 94 valence electrons. The highest BCUT2D eigenvalue weighted by atomic mass is 16.5. The molecule has 4 heteroatoms. The van der Waals surface area contributed by atoms with E-state index in [1.807, 2.05) is 6.92 Å². The van der Waals surface area contributed by atoms with Crippen LogP contribution in [0.15, 0.2) is 0 Å². The van der Waals surface area contributed by atoms with Crippen LogP contribution in [0.2, 0.25) is 0 Å². The molecule has 1 atom stereocenters. The SMILES string of the molecule is CC(=O)OC(C)CCCCCCCC(=O)O. The summed E-state index contributed by atoms with van der Waals surface area (Å²) in [6.45, 7) is 3.31. The van der Waals surface area contributed by atoms with Gasteiger partial charge in [0.1, 0.15) is 0 Å². The number of carbonyl (C=O) groups excluding carboxylic acids is 1. The van der Waals surface area contributed by atoms with Gasteiger partial charge in [-0.15, -0.1) is 0 Å². The maximum absolute atomic E-state index is 10.6. The summed E-state index contributed by atoms with van der Waals surface area (Å²) in [4.78, 5) is 20.8. The normalized spacial score (nSPS) is 12.1. The van der Waals surface area contributed by atoms with Gasteiger partial charge in [0.25, 0.3) is 0 Å². The van der Waals surface area contributed by atoms with E-state index >= 15 is 0 Å². The fourth-order valence-electron chi connectivity index (χ4n) is 1.58. The zero-order chi connectivity index (χ0) is 12.4. The van der Waals surface area contributed by atoms with Gasteiger partial charge in [-0.05, 0) is 26.2 Å². The van der Waals surface area contributed by atoms with E-state index in [0.29, 0.717) is 0 Å². The summed E-state index contributed by atoms with van der Waals surface area (Å²) in [6.07, 6.45) is 6.04. The van der Waals surface area contributed by atoms with E-state index in [-0.39, 0.29) is 18.5 Å². The summed E-state index contributed by atoms with van der Waals surface area (Å²) in [5.74, 6) is -0.947. The average molecular weight is 230 g/mol. The maximum atomic E-state index is 10.6. The van der Waals surface area contributed by atoms with Crippen molar-refractivity contribution in [3.63, 3.8) is 0 Å². The minimum Gasteiger partial charge on any atom is -0.481 e. The molecule has 0 heterocycles. The number of aliphatic carboxylic acids is 1. The van der Waals surface area contributed by atoms with Gasteiger partial charge in [-0.25, -0.2) is 0 Å². The number of carboxylic acids is 1. The highest BCUT2D eigenvalue weighted by Gasteiger charge is 2.04. The summed E-state index contributed by atoms with van der Waals surface area (Å²) in [5, 5.41) is 8.42. The van der Waals surface area contributed by atoms with Gasteiger partial charge < -0.3 is 9.84 Å². The van der Waals surface area contributed by atoms with Crippen molar-refractivity contribution in [1.82, 2.24) is 0 Å². The van der Waals surface area contributed by atoms with Gasteiger partial charge in [-0.2, -0.15) is 0 Å². The second-order valence-corrected chi connectivity index (χ2v) is 4.12. The Balaban J connectivity index is 3.20. The predicted molar refractivity (Wildman–Crippen MR) is 61.2 cm³/mol. The van der Waals surface area contributed by atoms with Crippen molar-refractivity contribution in [2.24, 2.45) is 0 Å². The fraction of sp³-hybridized carbons (Fsp3) is 0.833. The van der Waals surface area contributed by atoms with E-state index in [1.54, 1.807) is 0 Å². The number of rotatable bonds is 9. The van der Waals surface area contributed by atoms with Gasteiger partial charge in [-0.1, -0.05) is 19.3 Å². The zero-order valence-corrected chi connectivity index (χ0v) is 10.2. The molecular formula is C12H22O4. The molecule has 4 nitrogen and oxygen atoms in total. The molecule has 0 amide bonds. The third kappa shape index (κ3) is 11.0. The van der Waals surface area contributed by atoms with Crippen LogP contribution in [0.1, 0.15) is 58.8 Å². The predicted octanol–water partition coefficient (Wildman–Crippen LogP) is 2.75. The highest BCUT2D eigenvalue weighted by Crippen LogP contribution is 2.10. The number of ether oxygens (including phenoxy) is 1. The lowest BCUT2D eigenvalue weighted by molar-refractivity contribution is -0.145. The van der Waals surface area contributed by atoms with Crippen LogP contribution in [0.25, 0.3) is 0 Å². The lowest BCUT2D eigenvalue weighted by Gasteiger charge is -2.10. The molecule has 0 rings (SSSR count). The molecule has 0 saturated heterocycles. The second-order valence-electron chi connectivity index (χ2n) is 4.12. The van der Waals surface area contributed by atoms with Crippen molar-refractivity contribution in [2.45, 2.75) is 64.9 Å². The van der Waals surface area contributed by atoms with Crippen LogP contribution >= 0.6 is 0 Å². The van der Waals surface area contributed by atoms with Gasteiger partial charge in [0, 0.05) is 13.3 Å². The maximum Gasteiger partial charge on any atom is 0.303 e. The van der Waals surface area contributed by atoms with E-state index in [4.69, 9.17) is 9.84 Å². The molecular weight excluding hydrogens is 208 g/mol. The van der Waals surface area contributed by atoms with Crippen LogP contribution < -0.4 is 0 Å². The van der Waals surface area contributed by atoms with Crippen molar-refractivity contribution >= 4 is 11.9 Å². The lowest BCUT2D eigenvalue weighted by atomic mass is 10.1. The Morgan fingerprint density at radius 2 is 1.69 bits per heavy atom. The minimum absolute atomic E-state index is 0.00322. The van der Waals surface area contributed by atoms with E-state index in [2.05, 4.69) is 0 Å². The quantitative estimate of drug-likeness (QED) is 0.488. The molecule has 0 radical (unpaired) electrons. The van der Waals surface area contributed by atoms with Gasteiger partial charge in [-0.3, -0.25) is 9.59 Å². The average Bonchev–Trinajstić information content (AvgIpc) is 2.14. The summed E-state index contributed by atoms with van der Waals surface area (Å²) in [7, 11) is 0. The first-order valence-corrected chi connectivity index (χ1v) is 5.91. The smallest absolute Gasteiger partial charge is 0.303 e. The third-order valence-corrected chi connectivity index (χ3v) is 2.37. The van der Waals surface area contributed by atoms with Crippen LogP contribution in [0.3, 0.4) is 0 Å². The summed E-state index contributed by atoms with van der Waals surface area (Å²) >= 11 is 0. The molecule has 0 fully saturated rings. The van der Waals surface area contributed by atoms with Crippen molar-refractivity contribution in [2.75, 3.05) is 0 Å². The third-order valence-electron chi connectivity index (χ3n) is 2.37. The second kappa shape index (κ2) is 9.19. The number of hydrogen-bond acceptors (Lipinski definition) is 3. The van der Waals surface area contributed by atoms with Crippen LogP contribution in [-0.4, -0.2) is 23.1 Å². The van der Waals surface area contributed by atoms with E-state index in [9.17, 15) is 9.59 Å². The fourth-order valence-corrected chi connectivity index (χ4v) is 1.58. The van der Waals surface area contributed by atoms with Crippen molar-refractivity contribution in [1.29, 1.82) is 0 Å². The lowest BCUT2D eigenvalue weighted by Crippen LogP contribution is -2.11. The molecule has 0 aliphatic carbocycles. The Morgan fingerprint density at radius 3 is 2.25 bits per heavy atom. The number of unbranched alkanes of at least 4 members (excludes halogenated alkanes) is 4. The molecule has 0 spiro atoms. The van der Waals surface area contributed by atoms with E-state index in [1.165, 1.54) is 6.92 Å². The van der Waals surface area contributed by atoms with Crippen molar-refractivity contribution < 1.29 is 19.4 Å². The number of hydrogen-bond donors (Lipinski definition) is 1. The van der Waals surface area contributed by atoms with Gasteiger partial charge in [0.15, 0.2) is 0 Å². The van der Waals surface area contributed by atoms with Gasteiger partial charge in [0.05, 0.1) is 6.10 Å². The van der Waals surface area contributed by atoms with Crippen LogP contribution in [0, 0.1) is 0 Å². The molecule has 1 N–H and O–H groups in total. The topological polar surface area (TPSA) is 63.6 Å². The Kier molecular flexibility index (Phi) is 8.58. The number of esters is 1. The van der Waals surface area contributed by atoms with Gasteiger partial charge >= 0.3 is 11.9 Å². The van der Waals surface area contributed by atoms with Crippen LogP contribution in [0.4, 0.5) is 0 Å². The first kappa shape index (κ1) is 14.9. The molecule has 1 unspecified atom stereocenters. The van der Waals surface area contributed by atoms with Crippen molar-refractivity contribution in [3.05, 3.63) is 0 Å². The number of carboxylic acid groups (broad SMARTS) is 1. The molecule has 0 aromatic rings. The molecule has 0 aromatic carbocycles. The summed E-state index contributed by atoms with van der Waals surface area (Å²) in [5.41, 5.74) is 0. The van der Waals surface area contributed by atoms with Gasteiger partial charge in [0.2, 0.25) is 0 Å². The Labute approximate surface area is 97.0 Å². The molecule has 0 bridgehead atoms. The van der Waals surface area contributed by atoms with Crippen molar-refractivity contribution in [3.8, 4) is 0 Å². The van der Waals surface area contributed by atoms with Crippen LogP contribution in [0.5, 0.6) is 0 Å². The highest BCUT2D eigenvalue weighted by molar-refractivity contribution is 5.66. The number of carbonyl (C=O) groups is 2. The molecule has 0 aliphatic rings.